The third-order valence-electron chi connectivity index (χ3n) is 3.81. The van der Waals surface area contributed by atoms with Crippen LogP contribution in [0.25, 0.3) is 0 Å². The minimum atomic E-state index is 0.312. The Bertz CT molecular complexity index is 397. The fourth-order valence-corrected chi connectivity index (χ4v) is 3.26. The van der Waals surface area contributed by atoms with E-state index in [0.717, 1.165) is 11.0 Å². The highest BCUT2D eigenvalue weighted by atomic mass is 79.9. The summed E-state index contributed by atoms with van der Waals surface area (Å²) in [7, 11) is 0. The van der Waals surface area contributed by atoms with E-state index in [-0.39, 0.29) is 0 Å². The molecule has 1 heterocycles. The van der Waals surface area contributed by atoms with Gasteiger partial charge in [-0.05, 0) is 31.0 Å². The molecular weight excluding hydrogens is 264 g/mol. The van der Waals surface area contributed by atoms with Crippen molar-refractivity contribution >= 4 is 27.3 Å². The Hall–Kier alpha value is -0.700. The molecule has 1 spiro atoms. The molecule has 0 unspecified atom stereocenters. The topological polar surface area (TPSA) is 24.1 Å². The molecule has 3 rings (SSSR count). The average Bonchev–Trinajstić information content (AvgIpc) is 2.29. The molecule has 2 aliphatic rings. The van der Waals surface area contributed by atoms with E-state index < -0.39 is 0 Å². The van der Waals surface area contributed by atoms with Crippen LogP contribution in [0.15, 0.2) is 22.7 Å². The molecule has 0 bridgehead atoms. The summed E-state index contributed by atoms with van der Waals surface area (Å²) in [6.45, 7) is 1.07. The Morgan fingerprint density at radius 3 is 2.69 bits per heavy atom. The third-order valence-corrected chi connectivity index (χ3v) is 4.30. The quantitative estimate of drug-likeness (QED) is 0.751. The van der Waals surface area contributed by atoms with Crippen LogP contribution in [0.4, 0.5) is 11.4 Å². The number of benzene rings is 1. The first-order valence-corrected chi connectivity index (χ1v) is 6.88. The van der Waals surface area contributed by atoms with Crippen molar-refractivity contribution in [1.29, 1.82) is 0 Å². The largest absolute Gasteiger partial charge is 0.381 e. The molecule has 1 saturated carbocycles. The van der Waals surface area contributed by atoms with Crippen molar-refractivity contribution in [2.75, 3.05) is 17.2 Å². The van der Waals surface area contributed by atoms with Crippen molar-refractivity contribution in [3.63, 3.8) is 0 Å². The first kappa shape index (κ1) is 10.5. The van der Waals surface area contributed by atoms with Gasteiger partial charge in [-0.2, -0.15) is 0 Å². The zero-order chi connectivity index (χ0) is 11.0. The summed E-state index contributed by atoms with van der Waals surface area (Å²) in [5.41, 5.74) is 2.80. The molecule has 16 heavy (non-hydrogen) atoms. The van der Waals surface area contributed by atoms with E-state index in [1.54, 1.807) is 0 Å². The number of nitrogens with one attached hydrogen (secondary N) is 2. The monoisotopic (exact) mass is 280 g/mol. The summed E-state index contributed by atoms with van der Waals surface area (Å²) in [6.07, 6.45) is 6.71. The predicted molar refractivity (Wildman–Crippen MR) is 72.1 cm³/mol. The average molecular weight is 281 g/mol. The molecule has 1 aromatic carbocycles. The summed E-state index contributed by atoms with van der Waals surface area (Å²) in [5, 5.41) is 7.33. The van der Waals surface area contributed by atoms with Gasteiger partial charge in [0.05, 0.1) is 16.9 Å². The second-order valence-corrected chi connectivity index (χ2v) is 5.93. The maximum Gasteiger partial charge on any atom is 0.0592 e. The summed E-state index contributed by atoms with van der Waals surface area (Å²) in [6, 6.07) is 6.41. The number of fused-ring (bicyclic) bond motifs is 1. The molecule has 1 fully saturated rings. The SMILES string of the molecule is Brc1ccc2c(c1)NC1(CCCCC1)CN2. The Kier molecular flexibility index (Phi) is 2.58. The zero-order valence-electron chi connectivity index (χ0n) is 9.35. The van der Waals surface area contributed by atoms with E-state index in [9.17, 15) is 0 Å². The van der Waals surface area contributed by atoms with Crippen molar-refractivity contribution < 1.29 is 0 Å². The van der Waals surface area contributed by atoms with Crippen LogP contribution in [0, 0.1) is 0 Å². The predicted octanol–water partition coefficient (Wildman–Crippen LogP) is 3.99. The number of hydrogen-bond acceptors (Lipinski definition) is 2. The standard InChI is InChI=1S/C13H17BrN2/c14-10-4-5-11-12(8-10)16-13(9-15-11)6-2-1-3-7-13/h4-5,8,15-16H,1-3,6-7,9H2. The molecular formula is C13H17BrN2. The van der Waals surface area contributed by atoms with Crippen LogP contribution >= 0.6 is 15.9 Å². The highest BCUT2D eigenvalue weighted by Crippen LogP contribution is 2.39. The van der Waals surface area contributed by atoms with E-state index >= 15 is 0 Å². The molecule has 0 atom stereocenters. The highest BCUT2D eigenvalue weighted by molar-refractivity contribution is 9.10. The van der Waals surface area contributed by atoms with Gasteiger partial charge < -0.3 is 10.6 Å². The number of anilines is 2. The van der Waals surface area contributed by atoms with Crippen LogP contribution in [-0.2, 0) is 0 Å². The van der Waals surface area contributed by atoms with Gasteiger partial charge >= 0.3 is 0 Å². The molecule has 1 aliphatic heterocycles. The first-order chi connectivity index (χ1) is 7.77. The van der Waals surface area contributed by atoms with Crippen molar-refractivity contribution in [2.24, 2.45) is 0 Å². The van der Waals surface area contributed by atoms with Crippen LogP contribution in [0.1, 0.15) is 32.1 Å². The maximum absolute atomic E-state index is 3.76. The van der Waals surface area contributed by atoms with Gasteiger partial charge in [0, 0.05) is 11.0 Å². The molecule has 0 amide bonds. The molecule has 2 N–H and O–H groups in total. The minimum Gasteiger partial charge on any atom is -0.381 e. The van der Waals surface area contributed by atoms with Crippen LogP contribution < -0.4 is 10.6 Å². The Morgan fingerprint density at radius 2 is 1.88 bits per heavy atom. The lowest BCUT2D eigenvalue weighted by Gasteiger charge is -2.43. The van der Waals surface area contributed by atoms with Gasteiger partial charge in [-0.3, -0.25) is 0 Å². The van der Waals surface area contributed by atoms with Gasteiger partial charge in [0.2, 0.25) is 0 Å². The summed E-state index contributed by atoms with van der Waals surface area (Å²) in [5.74, 6) is 0. The second-order valence-electron chi connectivity index (χ2n) is 5.01. The van der Waals surface area contributed by atoms with Crippen LogP contribution in [-0.4, -0.2) is 12.1 Å². The molecule has 0 radical (unpaired) electrons. The van der Waals surface area contributed by atoms with Crippen molar-refractivity contribution in [3.8, 4) is 0 Å². The molecule has 2 nitrogen and oxygen atoms in total. The van der Waals surface area contributed by atoms with Gasteiger partial charge in [-0.15, -0.1) is 0 Å². The number of halogens is 1. The van der Waals surface area contributed by atoms with Gasteiger partial charge in [-0.1, -0.05) is 35.2 Å². The number of rotatable bonds is 0. The van der Waals surface area contributed by atoms with E-state index in [4.69, 9.17) is 0 Å². The third kappa shape index (κ3) is 1.81. The smallest absolute Gasteiger partial charge is 0.0592 e. The molecule has 86 valence electrons. The lowest BCUT2D eigenvalue weighted by atomic mass is 9.80. The molecule has 0 saturated heterocycles. The fourth-order valence-electron chi connectivity index (χ4n) is 2.90. The van der Waals surface area contributed by atoms with Gasteiger partial charge in [-0.25, -0.2) is 0 Å². The number of hydrogen-bond donors (Lipinski definition) is 2. The van der Waals surface area contributed by atoms with E-state index in [2.05, 4.69) is 44.8 Å². The van der Waals surface area contributed by atoms with Crippen LogP contribution in [0.5, 0.6) is 0 Å². The minimum absolute atomic E-state index is 0.312. The molecule has 0 aromatic heterocycles. The fraction of sp³-hybridized carbons (Fsp3) is 0.538. The van der Waals surface area contributed by atoms with Crippen LogP contribution in [0.3, 0.4) is 0 Å². The maximum atomic E-state index is 3.76. The normalized spacial score (nSPS) is 22.1. The summed E-state index contributed by atoms with van der Waals surface area (Å²) in [4.78, 5) is 0. The van der Waals surface area contributed by atoms with E-state index in [0.29, 0.717) is 5.54 Å². The Morgan fingerprint density at radius 1 is 1.06 bits per heavy atom. The van der Waals surface area contributed by atoms with Crippen LogP contribution in [0.2, 0.25) is 0 Å². The van der Waals surface area contributed by atoms with Gasteiger partial charge in [0.25, 0.3) is 0 Å². The molecule has 1 aromatic rings. The summed E-state index contributed by atoms with van der Waals surface area (Å²) >= 11 is 3.54. The van der Waals surface area contributed by atoms with Crippen molar-refractivity contribution in [1.82, 2.24) is 0 Å². The van der Waals surface area contributed by atoms with E-state index in [1.807, 2.05) is 0 Å². The second kappa shape index (κ2) is 3.95. The van der Waals surface area contributed by atoms with Gasteiger partial charge in [0.1, 0.15) is 0 Å². The lowest BCUT2D eigenvalue weighted by molar-refractivity contribution is 0.334. The Labute approximate surface area is 105 Å². The zero-order valence-corrected chi connectivity index (χ0v) is 10.9. The first-order valence-electron chi connectivity index (χ1n) is 6.09. The molecule has 3 heteroatoms. The van der Waals surface area contributed by atoms with Crippen molar-refractivity contribution in [2.45, 2.75) is 37.6 Å². The van der Waals surface area contributed by atoms with Crippen molar-refractivity contribution in [3.05, 3.63) is 22.7 Å². The van der Waals surface area contributed by atoms with E-state index in [1.165, 1.54) is 43.5 Å². The molecule has 1 aliphatic carbocycles. The Balaban J connectivity index is 1.89. The highest BCUT2D eigenvalue weighted by Gasteiger charge is 2.34. The van der Waals surface area contributed by atoms with Gasteiger partial charge in [0.15, 0.2) is 0 Å². The lowest BCUT2D eigenvalue weighted by Crippen LogP contribution is -2.49. The summed E-state index contributed by atoms with van der Waals surface area (Å²) < 4.78 is 1.15.